The number of hydrogen-bond acceptors (Lipinski definition) is 2. The number of carbonyl (C=O) groups excluding carboxylic acids is 1. The Labute approximate surface area is 127 Å². The molecule has 2 unspecified atom stereocenters. The second-order valence-corrected chi connectivity index (χ2v) is 5.62. The molecule has 0 aromatic heterocycles. The van der Waals surface area contributed by atoms with E-state index in [1.807, 2.05) is 13.8 Å². The topological polar surface area (TPSA) is 41.1 Å². The SMILES string of the molecule is CCCCCNC(=O)C(C)NC(C)Cc1ccc(F)cc1. The van der Waals surface area contributed by atoms with E-state index in [4.69, 9.17) is 0 Å². The first-order valence-electron chi connectivity index (χ1n) is 7.81. The lowest BCUT2D eigenvalue weighted by molar-refractivity contribution is -0.122. The van der Waals surface area contributed by atoms with Gasteiger partial charge in [-0.1, -0.05) is 31.9 Å². The van der Waals surface area contributed by atoms with Crippen LogP contribution in [0.3, 0.4) is 0 Å². The second-order valence-electron chi connectivity index (χ2n) is 5.62. The van der Waals surface area contributed by atoms with Gasteiger partial charge in [0.05, 0.1) is 6.04 Å². The first kappa shape index (κ1) is 17.6. The first-order valence-corrected chi connectivity index (χ1v) is 7.81. The van der Waals surface area contributed by atoms with Crippen molar-refractivity contribution in [1.29, 1.82) is 0 Å². The number of halogens is 1. The third-order valence-corrected chi connectivity index (χ3v) is 3.46. The maximum Gasteiger partial charge on any atom is 0.236 e. The quantitative estimate of drug-likeness (QED) is 0.687. The van der Waals surface area contributed by atoms with Gasteiger partial charge < -0.3 is 10.6 Å². The molecule has 0 spiro atoms. The van der Waals surface area contributed by atoms with Gasteiger partial charge in [0.2, 0.25) is 5.91 Å². The standard InChI is InChI=1S/C17H27FN2O/c1-4-5-6-11-19-17(21)14(3)20-13(2)12-15-7-9-16(18)10-8-15/h7-10,13-14,20H,4-6,11-12H2,1-3H3,(H,19,21). The normalized spacial score (nSPS) is 13.7. The molecule has 0 heterocycles. The van der Waals surface area contributed by atoms with Crippen LogP contribution in [0.25, 0.3) is 0 Å². The Balaban J connectivity index is 2.30. The Hall–Kier alpha value is -1.42. The van der Waals surface area contributed by atoms with Crippen LogP contribution >= 0.6 is 0 Å². The van der Waals surface area contributed by atoms with Gasteiger partial charge in [-0.25, -0.2) is 4.39 Å². The molecule has 0 fully saturated rings. The number of hydrogen-bond donors (Lipinski definition) is 2. The van der Waals surface area contributed by atoms with E-state index < -0.39 is 0 Å². The fourth-order valence-corrected chi connectivity index (χ4v) is 2.28. The molecule has 1 rings (SSSR count). The minimum Gasteiger partial charge on any atom is -0.355 e. The Morgan fingerprint density at radius 3 is 2.48 bits per heavy atom. The van der Waals surface area contributed by atoms with E-state index in [0.29, 0.717) is 0 Å². The van der Waals surface area contributed by atoms with Crippen molar-refractivity contribution in [3.05, 3.63) is 35.6 Å². The minimum absolute atomic E-state index is 0.0389. The molecule has 0 aliphatic heterocycles. The van der Waals surface area contributed by atoms with Crippen LogP contribution in [0.2, 0.25) is 0 Å². The largest absolute Gasteiger partial charge is 0.355 e. The molecule has 3 nitrogen and oxygen atoms in total. The predicted molar refractivity (Wildman–Crippen MR) is 84.7 cm³/mol. The Kier molecular flexibility index (Phi) is 7.98. The van der Waals surface area contributed by atoms with E-state index in [1.54, 1.807) is 12.1 Å². The van der Waals surface area contributed by atoms with E-state index in [2.05, 4.69) is 17.6 Å². The van der Waals surface area contributed by atoms with E-state index in [1.165, 1.54) is 12.1 Å². The number of carbonyl (C=O) groups is 1. The average Bonchev–Trinajstić information content (AvgIpc) is 2.45. The molecule has 1 aromatic rings. The van der Waals surface area contributed by atoms with Crippen LogP contribution in [0.5, 0.6) is 0 Å². The lowest BCUT2D eigenvalue weighted by atomic mass is 10.1. The average molecular weight is 294 g/mol. The van der Waals surface area contributed by atoms with Crippen LogP contribution in [0.15, 0.2) is 24.3 Å². The zero-order valence-electron chi connectivity index (χ0n) is 13.3. The summed E-state index contributed by atoms with van der Waals surface area (Å²) in [7, 11) is 0. The summed E-state index contributed by atoms with van der Waals surface area (Å²) in [4.78, 5) is 11.9. The third kappa shape index (κ3) is 7.23. The summed E-state index contributed by atoms with van der Waals surface area (Å²) in [6, 6.07) is 6.43. The zero-order chi connectivity index (χ0) is 15.7. The maximum absolute atomic E-state index is 12.8. The van der Waals surface area contributed by atoms with Crippen molar-refractivity contribution in [3.63, 3.8) is 0 Å². The van der Waals surface area contributed by atoms with Gasteiger partial charge in [0, 0.05) is 12.6 Å². The molecule has 0 aliphatic rings. The summed E-state index contributed by atoms with van der Waals surface area (Å²) in [5.41, 5.74) is 1.06. The van der Waals surface area contributed by atoms with Crippen molar-refractivity contribution in [2.24, 2.45) is 0 Å². The van der Waals surface area contributed by atoms with Crippen LogP contribution in [-0.4, -0.2) is 24.5 Å². The highest BCUT2D eigenvalue weighted by Gasteiger charge is 2.14. The number of nitrogens with one attached hydrogen (secondary N) is 2. The van der Waals surface area contributed by atoms with Crippen LogP contribution in [0, 0.1) is 5.82 Å². The zero-order valence-corrected chi connectivity index (χ0v) is 13.3. The maximum atomic E-state index is 12.8. The van der Waals surface area contributed by atoms with Gasteiger partial charge in [0.25, 0.3) is 0 Å². The van der Waals surface area contributed by atoms with Gasteiger partial charge >= 0.3 is 0 Å². The van der Waals surface area contributed by atoms with Gasteiger partial charge in [-0.15, -0.1) is 0 Å². The van der Waals surface area contributed by atoms with Gasteiger partial charge in [-0.05, 0) is 44.4 Å². The van der Waals surface area contributed by atoms with Crippen molar-refractivity contribution in [2.45, 2.75) is 58.5 Å². The number of unbranched alkanes of at least 4 members (excludes halogenated alkanes) is 2. The summed E-state index contributed by atoms with van der Waals surface area (Å²) in [5, 5.41) is 6.22. The lowest BCUT2D eigenvalue weighted by Crippen LogP contribution is -2.46. The lowest BCUT2D eigenvalue weighted by Gasteiger charge is -2.19. The van der Waals surface area contributed by atoms with Gasteiger partial charge in [-0.3, -0.25) is 4.79 Å². The molecular formula is C17H27FN2O. The molecule has 1 amide bonds. The molecule has 0 saturated heterocycles. The van der Waals surface area contributed by atoms with Crippen LogP contribution in [-0.2, 0) is 11.2 Å². The Morgan fingerprint density at radius 1 is 1.19 bits per heavy atom. The highest BCUT2D eigenvalue weighted by molar-refractivity contribution is 5.81. The molecule has 0 radical (unpaired) electrons. The first-order chi connectivity index (χ1) is 10.0. The molecular weight excluding hydrogens is 267 g/mol. The Bertz CT molecular complexity index is 419. The minimum atomic E-state index is -0.223. The highest BCUT2D eigenvalue weighted by atomic mass is 19.1. The molecule has 21 heavy (non-hydrogen) atoms. The third-order valence-electron chi connectivity index (χ3n) is 3.46. The van der Waals surface area contributed by atoms with Crippen LogP contribution < -0.4 is 10.6 Å². The highest BCUT2D eigenvalue weighted by Crippen LogP contribution is 2.06. The Morgan fingerprint density at radius 2 is 1.86 bits per heavy atom. The molecule has 2 atom stereocenters. The molecule has 118 valence electrons. The summed E-state index contributed by atoms with van der Waals surface area (Å²) in [6.45, 7) is 6.79. The predicted octanol–water partition coefficient (Wildman–Crippen LogP) is 3.04. The van der Waals surface area contributed by atoms with Gasteiger partial charge in [-0.2, -0.15) is 0 Å². The van der Waals surface area contributed by atoms with Crippen molar-refractivity contribution in [2.75, 3.05) is 6.54 Å². The van der Waals surface area contributed by atoms with E-state index in [0.717, 1.165) is 37.8 Å². The summed E-state index contributed by atoms with van der Waals surface area (Å²) in [6.07, 6.45) is 4.09. The van der Waals surface area contributed by atoms with Gasteiger partial charge in [0.1, 0.15) is 5.82 Å². The van der Waals surface area contributed by atoms with Crippen molar-refractivity contribution >= 4 is 5.91 Å². The van der Waals surface area contributed by atoms with Gasteiger partial charge in [0.15, 0.2) is 0 Å². The fraction of sp³-hybridized carbons (Fsp3) is 0.588. The van der Waals surface area contributed by atoms with Crippen LogP contribution in [0.1, 0.15) is 45.6 Å². The van der Waals surface area contributed by atoms with Crippen molar-refractivity contribution in [3.8, 4) is 0 Å². The van der Waals surface area contributed by atoms with Crippen molar-refractivity contribution < 1.29 is 9.18 Å². The number of rotatable bonds is 9. The molecule has 1 aromatic carbocycles. The fourth-order valence-electron chi connectivity index (χ4n) is 2.28. The van der Waals surface area contributed by atoms with E-state index in [9.17, 15) is 9.18 Å². The van der Waals surface area contributed by atoms with E-state index in [-0.39, 0.29) is 23.8 Å². The monoisotopic (exact) mass is 294 g/mol. The number of amides is 1. The summed E-state index contributed by atoms with van der Waals surface area (Å²) in [5.74, 6) is -0.184. The number of benzene rings is 1. The molecule has 4 heteroatoms. The smallest absolute Gasteiger partial charge is 0.236 e. The van der Waals surface area contributed by atoms with Crippen LogP contribution in [0.4, 0.5) is 4.39 Å². The van der Waals surface area contributed by atoms with Crippen molar-refractivity contribution in [1.82, 2.24) is 10.6 Å². The molecule has 0 bridgehead atoms. The molecule has 0 aliphatic carbocycles. The second kappa shape index (κ2) is 9.50. The van der Waals surface area contributed by atoms with E-state index >= 15 is 0 Å². The summed E-state index contributed by atoms with van der Waals surface area (Å²) >= 11 is 0. The summed E-state index contributed by atoms with van der Waals surface area (Å²) < 4.78 is 12.8. The molecule has 0 saturated carbocycles. The molecule has 2 N–H and O–H groups in total.